The van der Waals surface area contributed by atoms with Crippen LogP contribution < -0.4 is 9.03 Å². The molecule has 2 fully saturated rings. The Morgan fingerprint density at radius 1 is 1.10 bits per heavy atom. The fourth-order valence-corrected chi connectivity index (χ4v) is 7.67. The van der Waals surface area contributed by atoms with Gasteiger partial charge in [-0.25, -0.2) is 21.6 Å². The second kappa shape index (κ2) is 8.29. The van der Waals surface area contributed by atoms with Crippen molar-refractivity contribution in [2.24, 2.45) is 0 Å². The summed E-state index contributed by atoms with van der Waals surface area (Å²) >= 11 is 1.17. The van der Waals surface area contributed by atoms with Gasteiger partial charge >= 0.3 is 0 Å². The van der Waals surface area contributed by atoms with Gasteiger partial charge in [-0.2, -0.15) is 0 Å². The number of sulfonamides is 2. The number of hydrogen-bond donors (Lipinski definition) is 1. The largest absolute Gasteiger partial charge is 0.339 e. The van der Waals surface area contributed by atoms with Crippen molar-refractivity contribution in [1.29, 1.82) is 0 Å². The SMILES string of the molecule is O=C(c1cccc(N2CCCS2(=O)=O)c1)N1CCC(NS(=O)(=O)c2cccs2)CC1. The van der Waals surface area contributed by atoms with E-state index in [0.717, 1.165) is 0 Å². The third-order valence-electron chi connectivity index (χ3n) is 5.34. The lowest BCUT2D eigenvalue weighted by Gasteiger charge is -2.32. The van der Waals surface area contributed by atoms with E-state index in [-0.39, 0.29) is 21.9 Å². The van der Waals surface area contributed by atoms with Crippen LogP contribution in [0, 0.1) is 0 Å². The number of amides is 1. The molecular weight excluding hydrogens is 446 g/mol. The molecule has 30 heavy (non-hydrogen) atoms. The van der Waals surface area contributed by atoms with E-state index in [1.165, 1.54) is 15.6 Å². The number of carbonyl (C=O) groups is 1. The molecule has 2 aromatic rings. The molecule has 2 saturated heterocycles. The molecule has 0 saturated carbocycles. The molecule has 0 atom stereocenters. The topological polar surface area (TPSA) is 104 Å². The summed E-state index contributed by atoms with van der Waals surface area (Å²) in [6, 6.07) is 9.74. The molecule has 0 bridgehead atoms. The number of nitrogens with one attached hydrogen (secondary N) is 1. The maximum Gasteiger partial charge on any atom is 0.253 e. The standard InChI is InChI=1S/C19H23N3O5S3/c23-19(15-4-1-5-17(14-15)22-9-3-13-29(22,24)25)21-10-7-16(8-11-21)20-30(26,27)18-6-2-12-28-18/h1-2,4-6,12,14,16,20H,3,7-11,13H2. The number of benzene rings is 1. The molecule has 0 spiro atoms. The predicted molar refractivity (Wildman–Crippen MR) is 116 cm³/mol. The van der Waals surface area contributed by atoms with Crippen molar-refractivity contribution in [3.05, 3.63) is 47.3 Å². The van der Waals surface area contributed by atoms with Gasteiger partial charge in [0.25, 0.3) is 5.91 Å². The maximum absolute atomic E-state index is 12.9. The molecule has 1 aromatic heterocycles. The molecule has 162 valence electrons. The average Bonchev–Trinajstić information content (AvgIpc) is 3.38. The highest BCUT2D eigenvalue weighted by atomic mass is 32.2. The molecule has 1 aromatic carbocycles. The summed E-state index contributed by atoms with van der Waals surface area (Å²) in [5.74, 6) is -0.0481. The Morgan fingerprint density at radius 3 is 2.50 bits per heavy atom. The Labute approximate surface area is 180 Å². The van der Waals surface area contributed by atoms with Crippen LogP contribution in [0.15, 0.2) is 46.0 Å². The Hall–Kier alpha value is -1.95. The minimum atomic E-state index is -3.53. The molecule has 0 radical (unpaired) electrons. The third-order valence-corrected chi connectivity index (χ3v) is 10.1. The smallest absolute Gasteiger partial charge is 0.253 e. The zero-order valence-corrected chi connectivity index (χ0v) is 18.7. The predicted octanol–water partition coefficient (Wildman–Crippen LogP) is 1.87. The fraction of sp³-hybridized carbons (Fsp3) is 0.421. The summed E-state index contributed by atoms with van der Waals surface area (Å²) in [5, 5.41) is 1.72. The van der Waals surface area contributed by atoms with E-state index >= 15 is 0 Å². The van der Waals surface area contributed by atoms with Crippen molar-refractivity contribution in [2.45, 2.75) is 29.5 Å². The highest BCUT2D eigenvalue weighted by Crippen LogP contribution is 2.26. The number of likely N-dealkylation sites (tertiary alicyclic amines) is 1. The first-order chi connectivity index (χ1) is 14.3. The Morgan fingerprint density at radius 2 is 1.87 bits per heavy atom. The summed E-state index contributed by atoms with van der Waals surface area (Å²) in [4.78, 5) is 14.6. The van der Waals surface area contributed by atoms with Crippen LogP contribution in [0.5, 0.6) is 0 Å². The molecule has 8 nitrogen and oxygen atoms in total. The molecule has 2 aliphatic heterocycles. The van der Waals surface area contributed by atoms with Crippen LogP contribution in [0.1, 0.15) is 29.6 Å². The minimum absolute atomic E-state index is 0.125. The van der Waals surface area contributed by atoms with Crippen molar-refractivity contribution in [3.63, 3.8) is 0 Å². The normalized spacial score (nSPS) is 19.9. The molecule has 2 aliphatic rings. The zero-order chi connectivity index (χ0) is 21.4. The number of rotatable bonds is 5. The van der Waals surface area contributed by atoms with Gasteiger partial charge in [0.15, 0.2) is 0 Å². The van der Waals surface area contributed by atoms with Crippen molar-refractivity contribution in [2.75, 3.05) is 29.7 Å². The van der Waals surface area contributed by atoms with E-state index in [9.17, 15) is 21.6 Å². The lowest BCUT2D eigenvalue weighted by molar-refractivity contribution is 0.0711. The fourth-order valence-electron chi connectivity index (χ4n) is 3.80. The van der Waals surface area contributed by atoms with Crippen molar-refractivity contribution < 1.29 is 21.6 Å². The number of carbonyl (C=O) groups excluding carboxylic acids is 1. The Kier molecular flexibility index (Phi) is 5.88. The van der Waals surface area contributed by atoms with Gasteiger partial charge in [-0.3, -0.25) is 9.10 Å². The van der Waals surface area contributed by atoms with Gasteiger partial charge in [0.1, 0.15) is 4.21 Å². The van der Waals surface area contributed by atoms with Crippen LogP contribution in [0.3, 0.4) is 0 Å². The Bertz CT molecular complexity index is 1120. The van der Waals surface area contributed by atoms with Crippen LogP contribution in [-0.4, -0.2) is 59.1 Å². The van der Waals surface area contributed by atoms with Gasteiger partial charge in [-0.15, -0.1) is 11.3 Å². The molecule has 0 aliphatic carbocycles. The number of piperidine rings is 1. The highest BCUT2D eigenvalue weighted by Gasteiger charge is 2.30. The van der Waals surface area contributed by atoms with E-state index < -0.39 is 20.0 Å². The summed E-state index contributed by atoms with van der Waals surface area (Å²) < 4.78 is 53.4. The molecule has 11 heteroatoms. The molecule has 1 N–H and O–H groups in total. The summed E-state index contributed by atoms with van der Waals surface area (Å²) in [7, 11) is -6.84. The number of hydrogen-bond acceptors (Lipinski definition) is 6. The van der Waals surface area contributed by atoms with Crippen LogP contribution in [0.25, 0.3) is 0 Å². The van der Waals surface area contributed by atoms with Gasteiger partial charge in [0.05, 0.1) is 11.4 Å². The van der Waals surface area contributed by atoms with E-state index in [4.69, 9.17) is 0 Å². The van der Waals surface area contributed by atoms with Gasteiger partial charge in [0.2, 0.25) is 20.0 Å². The molecule has 0 unspecified atom stereocenters. The number of thiophene rings is 1. The zero-order valence-electron chi connectivity index (χ0n) is 16.2. The molecular formula is C19H23N3O5S3. The van der Waals surface area contributed by atoms with Crippen molar-refractivity contribution >= 4 is 43.0 Å². The monoisotopic (exact) mass is 469 g/mol. The highest BCUT2D eigenvalue weighted by molar-refractivity contribution is 7.93. The van der Waals surface area contributed by atoms with Crippen LogP contribution in [0.2, 0.25) is 0 Å². The Balaban J connectivity index is 1.40. The molecule has 4 rings (SSSR count). The first kappa shape index (κ1) is 21.3. The minimum Gasteiger partial charge on any atom is -0.339 e. The molecule has 3 heterocycles. The first-order valence-electron chi connectivity index (χ1n) is 9.72. The third kappa shape index (κ3) is 4.39. The van der Waals surface area contributed by atoms with E-state index in [1.54, 1.807) is 46.7 Å². The van der Waals surface area contributed by atoms with Crippen LogP contribution in [0.4, 0.5) is 5.69 Å². The van der Waals surface area contributed by atoms with Crippen molar-refractivity contribution in [1.82, 2.24) is 9.62 Å². The molecule has 1 amide bonds. The van der Waals surface area contributed by atoms with Crippen LogP contribution in [-0.2, 0) is 20.0 Å². The lowest BCUT2D eigenvalue weighted by Crippen LogP contribution is -2.46. The maximum atomic E-state index is 12.9. The summed E-state index contributed by atoms with van der Waals surface area (Å²) in [6.45, 7) is 1.29. The number of anilines is 1. The van der Waals surface area contributed by atoms with Crippen molar-refractivity contribution in [3.8, 4) is 0 Å². The second-order valence-corrected chi connectivity index (χ2v) is 12.3. The van der Waals surface area contributed by atoms with E-state index in [1.807, 2.05) is 0 Å². The summed E-state index contributed by atoms with van der Waals surface area (Å²) in [6.07, 6.45) is 1.63. The summed E-state index contributed by atoms with van der Waals surface area (Å²) in [5.41, 5.74) is 0.948. The lowest BCUT2D eigenvalue weighted by atomic mass is 10.0. The van der Waals surface area contributed by atoms with Gasteiger partial charge in [0, 0.05) is 31.2 Å². The van der Waals surface area contributed by atoms with Gasteiger partial charge in [-0.1, -0.05) is 12.1 Å². The van der Waals surface area contributed by atoms with Gasteiger partial charge < -0.3 is 4.90 Å². The van der Waals surface area contributed by atoms with Crippen LogP contribution >= 0.6 is 11.3 Å². The quantitative estimate of drug-likeness (QED) is 0.720. The van der Waals surface area contributed by atoms with Gasteiger partial charge in [-0.05, 0) is 48.9 Å². The average molecular weight is 470 g/mol. The second-order valence-electron chi connectivity index (χ2n) is 7.41. The van der Waals surface area contributed by atoms with E-state index in [0.29, 0.717) is 50.1 Å². The van der Waals surface area contributed by atoms with E-state index in [2.05, 4.69) is 4.72 Å². The number of nitrogens with zero attached hydrogens (tertiary/aromatic N) is 2. The first-order valence-corrected chi connectivity index (χ1v) is 13.7.